The van der Waals surface area contributed by atoms with Crippen molar-refractivity contribution in [1.29, 1.82) is 0 Å². The van der Waals surface area contributed by atoms with Crippen LogP contribution in [0.25, 0.3) is 16.9 Å². The summed E-state index contributed by atoms with van der Waals surface area (Å²) in [5.74, 6) is 0.855. The minimum Gasteiger partial charge on any atom is -0.497 e. The van der Waals surface area contributed by atoms with Gasteiger partial charge in [0.2, 0.25) is 0 Å². The molecule has 0 amide bonds. The number of aromatic nitrogens is 2. The number of ether oxygens (including phenoxy) is 1. The van der Waals surface area contributed by atoms with E-state index in [1.807, 2.05) is 48.8 Å². The first-order chi connectivity index (χ1) is 8.38. The summed E-state index contributed by atoms with van der Waals surface area (Å²) in [5.41, 5.74) is 3.12. The number of pyridine rings is 1. The lowest BCUT2D eigenvalue weighted by Gasteiger charge is -2.04. The molecule has 3 rings (SSSR count). The van der Waals surface area contributed by atoms with E-state index >= 15 is 0 Å². The standard InChI is InChI=1S/C14H12N2O/c1-17-12-6-4-5-11(9-12)13-10-15-14-7-2-3-8-16(13)14/h2-10H,1H3. The Morgan fingerprint density at radius 3 is 2.94 bits per heavy atom. The highest BCUT2D eigenvalue weighted by Gasteiger charge is 2.05. The molecule has 2 aromatic heterocycles. The third-order valence-corrected chi connectivity index (χ3v) is 2.78. The molecule has 0 N–H and O–H groups in total. The average Bonchev–Trinajstić information content (AvgIpc) is 2.82. The summed E-state index contributed by atoms with van der Waals surface area (Å²) in [6, 6.07) is 14.0. The lowest BCUT2D eigenvalue weighted by Crippen LogP contribution is -1.88. The number of methoxy groups -OCH3 is 1. The van der Waals surface area contributed by atoms with Crippen LogP contribution >= 0.6 is 0 Å². The van der Waals surface area contributed by atoms with E-state index < -0.39 is 0 Å². The molecule has 0 spiro atoms. The summed E-state index contributed by atoms with van der Waals surface area (Å²) in [6.07, 6.45) is 3.89. The highest BCUT2D eigenvalue weighted by Crippen LogP contribution is 2.24. The van der Waals surface area contributed by atoms with Gasteiger partial charge in [0.05, 0.1) is 19.0 Å². The van der Waals surface area contributed by atoms with Gasteiger partial charge in [-0.15, -0.1) is 0 Å². The molecular formula is C14H12N2O. The fraction of sp³-hybridized carbons (Fsp3) is 0.0714. The number of imidazole rings is 1. The Bertz CT molecular complexity index is 658. The molecule has 0 fully saturated rings. The van der Waals surface area contributed by atoms with Gasteiger partial charge >= 0.3 is 0 Å². The molecule has 0 aliphatic rings. The van der Waals surface area contributed by atoms with Crippen LogP contribution in [0, 0.1) is 0 Å². The number of benzene rings is 1. The van der Waals surface area contributed by atoms with Gasteiger partial charge in [0, 0.05) is 11.8 Å². The largest absolute Gasteiger partial charge is 0.497 e. The number of nitrogens with zero attached hydrogens (tertiary/aromatic N) is 2. The van der Waals surface area contributed by atoms with E-state index in [0.717, 1.165) is 22.7 Å². The third-order valence-electron chi connectivity index (χ3n) is 2.78. The average molecular weight is 224 g/mol. The highest BCUT2D eigenvalue weighted by atomic mass is 16.5. The number of hydrogen-bond acceptors (Lipinski definition) is 2. The van der Waals surface area contributed by atoms with E-state index in [1.54, 1.807) is 7.11 Å². The van der Waals surface area contributed by atoms with Gasteiger partial charge in [-0.1, -0.05) is 18.2 Å². The summed E-state index contributed by atoms with van der Waals surface area (Å²) < 4.78 is 7.30. The van der Waals surface area contributed by atoms with Gasteiger partial charge in [-0.3, -0.25) is 4.40 Å². The Hall–Kier alpha value is -2.29. The fourth-order valence-corrected chi connectivity index (χ4v) is 1.93. The van der Waals surface area contributed by atoms with E-state index in [0.29, 0.717) is 0 Å². The van der Waals surface area contributed by atoms with Gasteiger partial charge in [0.1, 0.15) is 11.4 Å². The Balaban J connectivity index is 2.20. The molecule has 17 heavy (non-hydrogen) atoms. The maximum atomic E-state index is 5.24. The van der Waals surface area contributed by atoms with E-state index in [2.05, 4.69) is 15.5 Å². The van der Waals surface area contributed by atoms with E-state index in [1.165, 1.54) is 0 Å². The lowest BCUT2D eigenvalue weighted by molar-refractivity contribution is 0.415. The van der Waals surface area contributed by atoms with Crippen LogP contribution < -0.4 is 4.74 Å². The number of rotatable bonds is 2. The van der Waals surface area contributed by atoms with Gasteiger partial charge in [0.25, 0.3) is 0 Å². The van der Waals surface area contributed by atoms with E-state index in [4.69, 9.17) is 4.74 Å². The molecule has 0 aliphatic heterocycles. The maximum Gasteiger partial charge on any atom is 0.137 e. The molecule has 3 aromatic rings. The first-order valence-corrected chi connectivity index (χ1v) is 5.45. The molecule has 84 valence electrons. The zero-order chi connectivity index (χ0) is 11.7. The quantitative estimate of drug-likeness (QED) is 0.669. The maximum absolute atomic E-state index is 5.24. The monoisotopic (exact) mass is 224 g/mol. The van der Waals surface area contributed by atoms with Crippen molar-refractivity contribution in [2.24, 2.45) is 0 Å². The minimum absolute atomic E-state index is 0.855. The zero-order valence-electron chi connectivity index (χ0n) is 9.50. The second-order valence-corrected chi connectivity index (χ2v) is 3.80. The Labute approximate surface area is 99.3 Å². The van der Waals surface area contributed by atoms with Crippen molar-refractivity contribution in [3.63, 3.8) is 0 Å². The van der Waals surface area contributed by atoms with Crippen molar-refractivity contribution in [2.75, 3.05) is 7.11 Å². The summed E-state index contributed by atoms with van der Waals surface area (Å²) in [6.45, 7) is 0. The second kappa shape index (κ2) is 3.94. The molecule has 0 radical (unpaired) electrons. The van der Waals surface area contributed by atoms with Gasteiger partial charge < -0.3 is 4.74 Å². The molecule has 0 bridgehead atoms. The van der Waals surface area contributed by atoms with Crippen molar-refractivity contribution in [3.05, 3.63) is 54.9 Å². The van der Waals surface area contributed by atoms with Crippen molar-refractivity contribution in [3.8, 4) is 17.0 Å². The zero-order valence-corrected chi connectivity index (χ0v) is 9.50. The smallest absolute Gasteiger partial charge is 0.137 e. The molecule has 2 heterocycles. The highest BCUT2D eigenvalue weighted by molar-refractivity contribution is 5.65. The van der Waals surface area contributed by atoms with Crippen LogP contribution in [0.15, 0.2) is 54.9 Å². The topological polar surface area (TPSA) is 26.5 Å². The number of hydrogen-bond donors (Lipinski definition) is 0. The van der Waals surface area contributed by atoms with Crippen LogP contribution in [0.4, 0.5) is 0 Å². The summed E-state index contributed by atoms with van der Waals surface area (Å²) in [4.78, 5) is 4.37. The molecule has 0 saturated heterocycles. The van der Waals surface area contributed by atoms with Gasteiger partial charge in [-0.05, 0) is 24.3 Å². The van der Waals surface area contributed by atoms with Crippen LogP contribution in [0.5, 0.6) is 5.75 Å². The number of fused-ring (bicyclic) bond motifs is 1. The third kappa shape index (κ3) is 1.65. The second-order valence-electron chi connectivity index (χ2n) is 3.80. The molecule has 0 unspecified atom stereocenters. The van der Waals surface area contributed by atoms with Crippen molar-refractivity contribution in [2.45, 2.75) is 0 Å². The predicted molar refractivity (Wildman–Crippen MR) is 67.2 cm³/mol. The van der Waals surface area contributed by atoms with Crippen LogP contribution in [0.3, 0.4) is 0 Å². The Morgan fingerprint density at radius 2 is 2.06 bits per heavy atom. The molecule has 0 saturated carbocycles. The summed E-state index contributed by atoms with van der Waals surface area (Å²) >= 11 is 0. The SMILES string of the molecule is COc1cccc(-c2cnc3ccccn23)c1. The first kappa shape index (κ1) is 9.90. The van der Waals surface area contributed by atoms with Crippen molar-refractivity contribution in [1.82, 2.24) is 9.38 Å². The molecule has 1 aromatic carbocycles. The predicted octanol–water partition coefficient (Wildman–Crippen LogP) is 3.01. The molecular weight excluding hydrogens is 212 g/mol. The molecule has 3 nitrogen and oxygen atoms in total. The molecule has 0 aliphatic carbocycles. The minimum atomic E-state index is 0.855. The Morgan fingerprint density at radius 1 is 1.12 bits per heavy atom. The van der Waals surface area contributed by atoms with Gasteiger partial charge in [-0.25, -0.2) is 4.98 Å². The molecule has 0 atom stereocenters. The first-order valence-electron chi connectivity index (χ1n) is 5.45. The van der Waals surface area contributed by atoms with E-state index in [9.17, 15) is 0 Å². The van der Waals surface area contributed by atoms with Crippen LogP contribution in [0.2, 0.25) is 0 Å². The van der Waals surface area contributed by atoms with Gasteiger partial charge in [-0.2, -0.15) is 0 Å². The van der Waals surface area contributed by atoms with Crippen molar-refractivity contribution < 1.29 is 4.74 Å². The normalized spacial score (nSPS) is 10.6. The summed E-state index contributed by atoms with van der Waals surface area (Å²) in [5, 5.41) is 0. The Kier molecular flexibility index (Phi) is 2.29. The summed E-state index contributed by atoms with van der Waals surface area (Å²) in [7, 11) is 1.67. The van der Waals surface area contributed by atoms with Crippen LogP contribution in [-0.4, -0.2) is 16.5 Å². The lowest BCUT2D eigenvalue weighted by atomic mass is 10.1. The fourth-order valence-electron chi connectivity index (χ4n) is 1.93. The molecule has 3 heteroatoms. The van der Waals surface area contributed by atoms with Crippen molar-refractivity contribution >= 4 is 5.65 Å². The van der Waals surface area contributed by atoms with Crippen LogP contribution in [0.1, 0.15) is 0 Å². The van der Waals surface area contributed by atoms with Crippen LogP contribution in [-0.2, 0) is 0 Å². The van der Waals surface area contributed by atoms with E-state index in [-0.39, 0.29) is 0 Å². The van der Waals surface area contributed by atoms with Gasteiger partial charge in [0.15, 0.2) is 0 Å².